The van der Waals surface area contributed by atoms with Crippen molar-refractivity contribution in [2.45, 2.75) is 50.3 Å². The minimum absolute atomic E-state index is 0.0574. The molecule has 0 saturated heterocycles. The number of carbonyl (C=O) groups is 1. The van der Waals surface area contributed by atoms with Crippen molar-refractivity contribution in [3.05, 3.63) is 69.0 Å². The Morgan fingerprint density at radius 2 is 1.86 bits per heavy atom. The second-order valence-electron chi connectivity index (χ2n) is 7.92. The quantitative estimate of drug-likeness (QED) is 0.391. The van der Waals surface area contributed by atoms with Gasteiger partial charge in [0.2, 0.25) is 0 Å². The van der Waals surface area contributed by atoms with Crippen molar-refractivity contribution in [3.8, 4) is 0 Å². The predicted octanol–water partition coefficient (Wildman–Crippen LogP) is 4.87. The van der Waals surface area contributed by atoms with Crippen molar-refractivity contribution in [2.75, 3.05) is 7.11 Å². The van der Waals surface area contributed by atoms with Crippen LogP contribution in [0.25, 0.3) is 0 Å². The molecular weight excluding hydrogens is 504 g/mol. The molecule has 0 aliphatic carbocycles. The Hall–Kier alpha value is -1.32. The molecule has 0 bridgehead atoms. The molecule has 158 valence electrons. The Labute approximate surface area is 188 Å². The topological polar surface area (TPSA) is 55.4 Å². The van der Waals surface area contributed by atoms with Gasteiger partial charge in [-0.25, -0.2) is 13.3 Å². The molecule has 2 rings (SSSR count). The molecule has 0 radical (unpaired) electrons. The number of hydrogen-bond donors (Lipinski definition) is 1. The average Bonchev–Trinajstić information content (AvgIpc) is 2.66. The van der Waals surface area contributed by atoms with Crippen LogP contribution < -0.4 is 4.72 Å². The number of rotatable bonds is 8. The summed E-state index contributed by atoms with van der Waals surface area (Å²) in [5.41, 5.74) is 0.653. The average molecular weight is 531 g/mol. The second kappa shape index (κ2) is 10.1. The van der Waals surface area contributed by atoms with E-state index in [2.05, 4.69) is 27.3 Å². The lowest BCUT2D eigenvalue weighted by molar-refractivity contribution is -0.142. The van der Waals surface area contributed by atoms with Gasteiger partial charge in [-0.3, -0.25) is 4.79 Å². The molecule has 2 atom stereocenters. The lowest BCUT2D eigenvalue weighted by Gasteiger charge is -2.36. The molecule has 0 amide bonds. The van der Waals surface area contributed by atoms with Crippen molar-refractivity contribution in [3.63, 3.8) is 0 Å². The van der Waals surface area contributed by atoms with Gasteiger partial charge in [-0.05, 0) is 85.5 Å². The van der Waals surface area contributed by atoms with Gasteiger partial charge in [0, 0.05) is 3.57 Å². The van der Waals surface area contributed by atoms with E-state index in [9.17, 15) is 13.4 Å². The van der Waals surface area contributed by atoms with E-state index in [1.165, 1.54) is 19.2 Å². The molecule has 1 N–H and O–H groups in total. The van der Waals surface area contributed by atoms with Gasteiger partial charge in [0.25, 0.3) is 0 Å². The number of nitrogens with one attached hydrogen (secondary N) is 1. The van der Waals surface area contributed by atoms with Crippen LogP contribution >= 0.6 is 22.6 Å². The first-order valence-corrected chi connectivity index (χ1v) is 11.6. The summed E-state index contributed by atoms with van der Waals surface area (Å²) in [7, 11) is -0.159. The number of carbonyl (C=O) groups excluding carboxylic acids is 1. The normalized spacial score (nSPS) is 14.8. The van der Waals surface area contributed by atoms with Crippen LogP contribution in [0.3, 0.4) is 0 Å². The summed E-state index contributed by atoms with van der Waals surface area (Å²) in [6.45, 7) is 5.56. The van der Waals surface area contributed by atoms with E-state index in [4.69, 9.17) is 4.74 Å². The summed E-state index contributed by atoms with van der Waals surface area (Å²) in [4.78, 5) is 12.3. The summed E-state index contributed by atoms with van der Waals surface area (Å²) >= 11 is 2.27. The molecule has 7 heteroatoms. The molecule has 0 aliphatic rings. The fourth-order valence-electron chi connectivity index (χ4n) is 2.97. The number of aryl methyl sites for hydroxylation is 1. The van der Waals surface area contributed by atoms with Crippen LogP contribution in [0.2, 0.25) is 0 Å². The summed E-state index contributed by atoms with van der Waals surface area (Å²) in [6.07, 6.45) is 1.02. The standard InChI is InChI=1S/C22H27FINO3S/c1-21(2,3)29(27)25-22(15-20(26)28-4,17-9-7-10-18(23)14-17)13-12-16-8-5-6-11-19(16)24/h5-11,14,25H,12-13,15H2,1-4H3. The molecule has 2 aromatic rings. The monoisotopic (exact) mass is 531 g/mol. The Morgan fingerprint density at radius 1 is 1.17 bits per heavy atom. The van der Waals surface area contributed by atoms with Crippen molar-refractivity contribution in [2.24, 2.45) is 0 Å². The van der Waals surface area contributed by atoms with E-state index in [1.54, 1.807) is 12.1 Å². The highest BCUT2D eigenvalue weighted by molar-refractivity contribution is 14.1. The molecule has 29 heavy (non-hydrogen) atoms. The molecule has 0 heterocycles. The predicted molar refractivity (Wildman–Crippen MR) is 123 cm³/mol. The van der Waals surface area contributed by atoms with Gasteiger partial charge in [0.05, 0.1) is 34.8 Å². The van der Waals surface area contributed by atoms with Crippen LogP contribution in [-0.4, -0.2) is 22.0 Å². The maximum absolute atomic E-state index is 14.1. The number of methoxy groups -OCH3 is 1. The van der Waals surface area contributed by atoms with E-state index in [0.717, 1.165) is 9.13 Å². The van der Waals surface area contributed by atoms with E-state index in [-0.39, 0.29) is 6.42 Å². The lowest BCUT2D eigenvalue weighted by atomic mass is 9.82. The second-order valence-corrected chi connectivity index (χ2v) is 11.0. The fraction of sp³-hybridized carbons (Fsp3) is 0.409. The molecule has 4 nitrogen and oxygen atoms in total. The highest BCUT2D eigenvalue weighted by atomic mass is 127. The minimum Gasteiger partial charge on any atom is -0.469 e. The SMILES string of the molecule is COC(=O)CC(CCc1ccccc1I)(NS(=O)C(C)(C)C)c1cccc(F)c1. The Kier molecular flexibility index (Phi) is 8.37. The fourth-order valence-corrected chi connectivity index (χ4v) is 4.58. The molecule has 0 aromatic heterocycles. The first kappa shape index (κ1) is 24.0. The molecular formula is C22H27FINO3S. The summed E-state index contributed by atoms with van der Waals surface area (Å²) < 4.78 is 35.8. The van der Waals surface area contributed by atoms with Crippen LogP contribution in [0.1, 0.15) is 44.7 Å². The first-order valence-electron chi connectivity index (χ1n) is 9.33. The van der Waals surface area contributed by atoms with Crippen LogP contribution in [-0.2, 0) is 32.5 Å². The smallest absolute Gasteiger partial charge is 0.307 e. The number of ether oxygens (including phenoxy) is 1. The summed E-state index contributed by atoms with van der Waals surface area (Å²) in [5.74, 6) is -0.857. The molecule has 0 spiro atoms. The molecule has 2 aromatic carbocycles. The minimum atomic E-state index is -1.48. The largest absolute Gasteiger partial charge is 0.469 e. The van der Waals surface area contributed by atoms with Crippen LogP contribution in [0.4, 0.5) is 4.39 Å². The van der Waals surface area contributed by atoms with Gasteiger partial charge in [-0.2, -0.15) is 0 Å². The van der Waals surface area contributed by atoms with Gasteiger partial charge in [0.15, 0.2) is 0 Å². The van der Waals surface area contributed by atoms with Crippen LogP contribution in [0.15, 0.2) is 48.5 Å². The first-order chi connectivity index (χ1) is 13.6. The number of hydrogen-bond acceptors (Lipinski definition) is 3. The summed E-state index contributed by atoms with van der Waals surface area (Å²) in [6, 6.07) is 14.1. The zero-order valence-electron chi connectivity index (χ0n) is 17.1. The van der Waals surface area contributed by atoms with Crippen LogP contribution in [0, 0.1) is 9.39 Å². The third-order valence-corrected chi connectivity index (χ3v) is 7.42. The van der Waals surface area contributed by atoms with E-state index in [1.807, 2.05) is 45.0 Å². The van der Waals surface area contributed by atoms with Gasteiger partial charge < -0.3 is 4.74 Å². The van der Waals surface area contributed by atoms with Gasteiger partial charge in [-0.1, -0.05) is 30.3 Å². The van der Waals surface area contributed by atoms with E-state index in [0.29, 0.717) is 18.4 Å². The Morgan fingerprint density at radius 3 is 2.45 bits per heavy atom. The maximum Gasteiger partial charge on any atom is 0.307 e. The molecule has 2 unspecified atom stereocenters. The van der Waals surface area contributed by atoms with Gasteiger partial charge in [-0.15, -0.1) is 0 Å². The number of halogens is 2. The molecule has 0 saturated carbocycles. The zero-order valence-corrected chi connectivity index (χ0v) is 20.1. The van der Waals surface area contributed by atoms with Gasteiger partial charge >= 0.3 is 5.97 Å². The van der Waals surface area contributed by atoms with Crippen molar-refractivity contribution >= 4 is 39.5 Å². The lowest BCUT2D eigenvalue weighted by Crippen LogP contribution is -2.49. The Balaban J connectivity index is 2.52. The van der Waals surface area contributed by atoms with E-state index >= 15 is 0 Å². The van der Waals surface area contributed by atoms with Gasteiger partial charge in [0.1, 0.15) is 5.82 Å². The van der Waals surface area contributed by atoms with Crippen molar-refractivity contribution in [1.29, 1.82) is 0 Å². The zero-order chi connectivity index (χ0) is 21.7. The molecule has 0 aliphatic heterocycles. The number of benzene rings is 2. The molecule has 0 fully saturated rings. The number of esters is 1. The third kappa shape index (κ3) is 6.58. The van der Waals surface area contributed by atoms with Crippen LogP contribution in [0.5, 0.6) is 0 Å². The highest BCUT2D eigenvalue weighted by Gasteiger charge is 2.39. The van der Waals surface area contributed by atoms with Crippen molar-refractivity contribution < 1.29 is 18.1 Å². The highest BCUT2D eigenvalue weighted by Crippen LogP contribution is 2.34. The Bertz CT molecular complexity index is 884. The van der Waals surface area contributed by atoms with Crippen molar-refractivity contribution in [1.82, 2.24) is 4.72 Å². The maximum atomic E-state index is 14.1. The third-order valence-electron chi connectivity index (χ3n) is 4.67. The summed E-state index contributed by atoms with van der Waals surface area (Å²) in [5, 5.41) is 0. The van der Waals surface area contributed by atoms with E-state index < -0.39 is 33.1 Å².